The van der Waals surface area contributed by atoms with Crippen LogP contribution < -0.4 is 11.1 Å². The third-order valence-electron chi connectivity index (χ3n) is 6.13. The van der Waals surface area contributed by atoms with E-state index in [0.717, 1.165) is 51.5 Å². The fraction of sp³-hybridized carbons (Fsp3) is 0.833. The van der Waals surface area contributed by atoms with E-state index in [1.807, 2.05) is 4.90 Å². The number of nitrogens with two attached hydrogens (primary N) is 1. The molecule has 2 aliphatic carbocycles. The van der Waals surface area contributed by atoms with Crippen molar-refractivity contribution in [3.63, 3.8) is 0 Å². The summed E-state index contributed by atoms with van der Waals surface area (Å²) in [6, 6.07) is 2.60. The monoisotopic (exact) mass is 332 g/mol. The highest BCUT2D eigenvalue weighted by atomic mass is 16.2. The van der Waals surface area contributed by atoms with Crippen molar-refractivity contribution < 1.29 is 9.59 Å². The Bertz CT molecular complexity index is 538. The first-order valence-corrected chi connectivity index (χ1v) is 9.27. The second kappa shape index (κ2) is 6.72. The van der Waals surface area contributed by atoms with E-state index in [1.54, 1.807) is 0 Å². The SMILES string of the molecule is N#CC1(N(C(=O)CCC2(C(N)=O)CCCCC2)C2CC2)CCNC1. The molecule has 1 atom stereocenters. The van der Waals surface area contributed by atoms with E-state index in [2.05, 4.69) is 11.4 Å². The van der Waals surface area contributed by atoms with Gasteiger partial charge in [-0.25, -0.2) is 0 Å². The molecule has 1 unspecified atom stereocenters. The number of amides is 2. The van der Waals surface area contributed by atoms with Crippen LogP contribution >= 0.6 is 0 Å². The Kier molecular flexibility index (Phi) is 4.82. The minimum Gasteiger partial charge on any atom is -0.369 e. The summed E-state index contributed by atoms with van der Waals surface area (Å²) in [5.41, 5.74) is 4.46. The van der Waals surface area contributed by atoms with Gasteiger partial charge in [0.2, 0.25) is 11.8 Å². The van der Waals surface area contributed by atoms with Crippen molar-refractivity contribution in [3.8, 4) is 6.07 Å². The number of primary amides is 1. The van der Waals surface area contributed by atoms with Gasteiger partial charge < -0.3 is 16.0 Å². The highest BCUT2D eigenvalue weighted by Gasteiger charge is 2.49. The van der Waals surface area contributed by atoms with Crippen LogP contribution in [0.5, 0.6) is 0 Å². The van der Waals surface area contributed by atoms with Crippen LogP contribution in [-0.2, 0) is 9.59 Å². The van der Waals surface area contributed by atoms with Crippen molar-refractivity contribution in [2.75, 3.05) is 13.1 Å². The third kappa shape index (κ3) is 3.14. The Labute approximate surface area is 143 Å². The van der Waals surface area contributed by atoms with Gasteiger partial charge in [0.25, 0.3) is 0 Å². The molecule has 3 aliphatic rings. The van der Waals surface area contributed by atoms with Gasteiger partial charge in [-0.05, 0) is 45.1 Å². The zero-order chi connectivity index (χ0) is 17.2. The number of nitriles is 1. The molecule has 0 aromatic heterocycles. The first kappa shape index (κ1) is 17.2. The smallest absolute Gasteiger partial charge is 0.224 e. The lowest BCUT2D eigenvalue weighted by molar-refractivity contribution is -0.138. The molecule has 0 aromatic rings. The van der Waals surface area contributed by atoms with Crippen LogP contribution in [0, 0.1) is 16.7 Å². The third-order valence-corrected chi connectivity index (χ3v) is 6.13. The highest BCUT2D eigenvalue weighted by Crippen LogP contribution is 2.42. The fourth-order valence-electron chi connectivity index (χ4n) is 4.47. The zero-order valence-corrected chi connectivity index (χ0v) is 14.4. The lowest BCUT2D eigenvalue weighted by atomic mass is 9.70. The van der Waals surface area contributed by atoms with Gasteiger partial charge in [0.1, 0.15) is 5.54 Å². The summed E-state index contributed by atoms with van der Waals surface area (Å²) in [6.45, 7) is 1.32. The lowest BCUT2D eigenvalue weighted by Gasteiger charge is -2.38. The maximum absolute atomic E-state index is 13.0. The molecule has 3 N–H and O–H groups in total. The van der Waals surface area contributed by atoms with Crippen molar-refractivity contribution in [2.45, 2.75) is 75.8 Å². The van der Waals surface area contributed by atoms with Crippen molar-refractivity contribution >= 4 is 11.8 Å². The van der Waals surface area contributed by atoms with Crippen LogP contribution in [0.25, 0.3) is 0 Å². The van der Waals surface area contributed by atoms with Crippen molar-refractivity contribution in [1.82, 2.24) is 10.2 Å². The van der Waals surface area contributed by atoms with Gasteiger partial charge in [-0.15, -0.1) is 0 Å². The van der Waals surface area contributed by atoms with E-state index in [0.29, 0.717) is 25.8 Å². The molecule has 0 aromatic carbocycles. The van der Waals surface area contributed by atoms with Crippen LogP contribution in [0.2, 0.25) is 0 Å². The predicted octanol–water partition coefficient (Wildman–Crippen LogP) is 1.45. The van der Waals surface area contributed by atoms with Crippen LogP contribution in [0.4, 0.5) is 0 Å². The molecule has 132 valence electrons. The molecule has 6 nitrogen and oxygen atoms in total. The predicted molar refractivity (Wildman–Crippen MR) is 89.6 cm³/mol. The normalized spacial score (nSPS) is 29.0. The van der Waals surface area contributed by atoms with Gasteiger partial charge in [0, 0.05) is 24.4 Å². The average Bonchev–Trinajstić information content (AvgIpc) is 3.30. The number of nitrogens with one attached hydrogen (secondary N) is 1. The molecule has 0 spiro atoms. The van der Waals surface area contributed by atoms with Gasteiger partial charge in [0.15, 0.2) is 0 Å². The van der Waals surface area contributed by atoms with Crippen LogP contribution in [0.3, 0.4) is 0 Å². The second-order valence-corrected chi connectivity index (χ2v) is 7.77. The molecule has 3 rings (SSSR count). The quantitative estimate of drug-likeness (QED) is 0.769. The van der Waals surface area contributed by atoms with Gasteiger partial charge in [0.05, 0.1) is 6.07 Å². The van der Waals surface area contributed by atoms with E-state index >= 15 is 0 Å². The molecule has 2 amide bonds. The molecule has 0 radical (unpaired) electrons. The maximum atomic E-state index is 13.0. The summed E-state index contributed by atoms with van der Waals surface area (Å²) in [4.78, 5) is 26.8. The minimum atomic E-state index is -0.704. The summed E-state index contributed by atoms with van der Waals surface area (Å²) in [7, 11) is 0. The van der Waals surface area contributed by atoms with E-state index in [4.69, 9.17) is 5.73 Å². The molecule has 24 heavy (non-hydrogen) atoms. The standard InChI is InChI=1S/C18H28N4O2/c19-12-18(10-11-21-13-18)22(14-4-5-14)15(23)6-9-17(16(20)24)7-2-1-3-8-17/h14,21H,1-11,13H2,(H2,20,24). The Morgan fingerprint density at radius 3 is 2.42 bits per heavy atom. The number of hydrogen-bond donors (Lipinski definition) is 2. The molecule has 2 saturated carbocycles. The van der Waals surface area contributed by atoms with E-state index in [9.17, 15) is 14.9 Å². The summed E-state index contributed by atoms with van der Waals surface area (Å²) in [5, 5.41) is 12.9. The van der Waals surface area contributed by atoms with Gasteiger partial charge in [-0.3, -0.25) is 9.59 Å². The van der Waals surface area contributed by atoms with E-state index in [1.165, 1.54) is 0 Å². The molecule has 6 heteroatoms. The molecule has 1 heterocycles. The maximum Gasteiger partial charge on any atom is 0.224 e. The van der Waals surface area contributed by atoms with Crippen LogP contribution in [-0.4, -0.2) is 41.4 Å². The molecule has 1 aliphatic heterocycles. The first-order chi connectivity index (χ1) is 11.5. The molecule has 0 bridgehead atoms. The molecule has 1 saturated heterocycles. The van der Waals surface area contributed by atoms with Gasteiger partial charge in [-0.1, -0.05) is 19.3 Å². The van der Waals surface area contributed by atoms with Gasteiger partial charge >= 0.3 is 0 Å². The van der Waals surface area contributed by atoms with Crippen molar-refractivity contribution in [2.24, 2.45) is 11.1 Å². The van der Waals surface area contributed by atoms with Gasteiger partial charge in [-0.2, -0.15) is 5.26 Å². The number of carbonyl (C=O) groups is 2. The van der Waals surface area contributed by atoms with Crippen LogP contribution in [0.15, 0.2) is 0 Å². The summed E-state index contributed by atoms with van der Waals surface area (Å²) in [5.74, 6) is -0.237. The van der Waals surface area contributed by atoms with Crippen molar-refractivity contribution in [3.05, 3.63) is 0 Å². The Balaban J connectivity index is 1.70. The molecule has 3 fully saturated rings. The summed E-state index contributed by atoms with van der Waals surface area (Å²) < 4.78 is 0. The summed E-state index contributed by atoms with van der Waals surface area (Å²) >= 11 is 0. The summed E-state index contributed by atoms with van der Waals surface area (Å²) in [6.07, 6.45) is 8.25. The zero-order valence-electron chi connectivity index (χ0n) is 14.4. The Hall–Kier alpha value is -1.61. The number of rotatable bonds is 6. The van der Waals surface area contributed by atoms with Crippen LogP contribution in [0.1, 0.15) is 64.2 Å². The first-order valence-electron chi connectivity index (χ1n) is 9.27. The molecular formula is C18H28N4O2. The second-order valence-electron chi connectivity index (χ2n) is 7.77. The number of hydrogen-bond acceptors (Lipinski definition) is 4. The van der Waals surface area contributed by atoms with E-state index < -0.39 is 11.0 Å². The largest absolute Gasteiger partial charge is 0.369 e. The topological polar surface area (TPSA) is 99.2 Å². The number of nitrogens with zero attached hydrogens (tertiary/aromatic N) is 2. The lowest BCUT2D eigenvalue weighted by Crippen LogP contribution is -2.54. The van der Waals surface area contributed by atoms with E-state index in [-0.39, 0.29) is 17.9 Å². The Morgan fingerprint density at radius 2 is 1.92 bits per heavy atom. The minimum absolute atomic E-state index is 0.0222. The fourth-order valence-corrected chi connectivity index (χ4v) is 4.47. The highest BCUT2D eigenvalue weighted by molar-refractivity contribution is 5.83. The number of carbonyl (C=O) groups excluding carboxylic acids is 2. The Morgan fingerprint density at radius 1 is 1.21 bits per heavy atom. The average molecular weight is 332 g/mol. The molecular weight excluding hydrogens is 304 g/mol. The van der Waals surface area contributed by atoms with Crippen molar-refractivity contribution in [1.29, 1.82) is 5.26 Å².